The highest BCUT2D eigenvalue weighted by Gasteiger charge is 2.14. The largest absolute Gasteiger partial charge is 0.444 e. The third-order valence-electron chi connectivity index (χ3n) is 2.98. The minimum Gasteiger partial charge on any atom is -0.444 e. The predicted molar refractivity (Wildman–Crippen MR) is 86.2 cm³/mol. The van der Waals surface area contributed by atoms with Crippen molar-refractivity contribution in [3.63, 3.8) is 0 Å². The molecule has 0 saturated heterocycles. The lowest BCUT2D eigenvalue weighted by Gasteiger charge is -2.19. The van der Waals surface area contributed by atoms with E-state index >= 15 is 0 Å². The van der Waals surface area contributed by atoms with E-state index < -0.39 is 11.7 Å². The monoisotopic (exact) mass is 286 g/mol. The van der Waals surface area contributed by atoms with Gasteiger partial charge in [0.1, 0.15) is 5.60 Å². The molecule has 0 fully saturated rings. The van der Waals surface area contributed by atoms with Crippen LogP contribution in [0.15, 0.2) is 36.5 Å². The maximum Gasteiger partial charge on any atom is 0.407 e. The Balaban J connectivity index is 1.90. The third kappa shape index (κ3) is 4.38. The Hall–Kier alpha value is -2.23. The van der Waals surface area contributed by atoms with Crippen LogP contribution in [-0.2, 0) is 11.8 Å². The van der Waals surface area contributed by atoms with Gasteiger partial charge in [0.15, 0.2) is 0 Å². The highest BCUT2D eigenvalue weighted by molar-refractivity contribution is 5.82. The van der Waals surface area contributed by atoms with E-state index in [1.807, 2.05) is 46.2 Å². The molecule has 0 aliphatic heterocycles. The maximum atomic E-state index is 11.5. The van der Waals surface area contributed by atoms with Crippen molar-refractivity contribution in [1.29, 1.82) is 0 Å². The quantitative estimate of drug-likeness (QED) is 0.934. The minimum absolute atomic E-state index is 0.398. The van der Waals surface area contributed by atoms with Gasteiger partial charge in [0.05, 0.1) is 0 Å². The molecule has 0 radical (unpaired) electrons. The molecule has 0 atom stereocenters. The van der Waals surface area contributed by atoms with Crippen molar-refractivity contribution in [2.75, 3.05) is 6.54 Å². The van der Waals surface area contributed by atoms with Gasteiger partial charge in [-0.15, -0.1) is 0 Å². The van der Waals surface area contributed by atoms with E-state index in [2.05, 4.69) is 34.1 Å². The Morgan fingerprint density at radius 3 is 2.81 bits per heavy atom. The average Bonchev–Trinajstić information content (AvgIpc) is 2.74. The maximum absolute atomic E-state index is 11.5. The number of benzene rings is 1. The number of nitrogens with zero attached hydrogens (tertiary/aromatic N) is 1. The van der Waals surface area contributed by atoms with Crippen LogP contribution < -0.4 is 5.32 Å². The number of amides is 1. The average molecular weight is 286 g/mol. The Kier molecular flexibility index (Phi) is 4.36. The SMILES string of the molecule is Cn1ccc2cc(C=CCNC(=O)OC(C)(C)C)ccc21. The Bertz CT molecular complexity index is 663. The van der Waals surface area contributed by atoms with Gasteiger partial charge in [0.25, 0.3) is 0 Å². The summed E-state index contributed by atoms with van der Waals surface area (Å²) in [4.78, 5) is 11.5. The van der Waals surface area contributed by atoms with E-state index in [4.69, 9.17) is 4.74 Å². The standard InChI is InChI=1S/C17H22N2O2/c1-17(2,3)21-16(20)18-10-5-6-13-7-8-15-14(12-13)9-11-19(15)4/h5-9,11-12H,10H2,1-4H3,(H,18,20). The zero-order valence-electron chi connectivity index (χ0n) is 13.0. The molecule has 0 aliphatic rings. The molecular weight excluding hydrogens is 264 g/mol. The summed E-state index contributed by atoms with van der Waals surface area (Å²) in [7, 11) is 2.03. The zero-order valence-corrected chi connectivity index (χ0v) is 13.0. The van der Waals surface area contributed by atoms with Crippen molar-refractivity contribution in [2.24, 2.45) is 7.05 Å². The van der Waals surface area contributed by atoms with E-state index in [1.165, 1.54) is 10.9 Å². The van der Waals surface area contributed by atoms with Crippen LogP contribution >= 0.6 is 0 Å². The van der Waals surface area contributed by atoms with E-state index in [1.54, 1.807) is 0 Å². The summed E-state index contributed by atoms with van der Waals surface area (Å²) in [6.07, 6.45) is 5.55. The van der Waals surface area contributed by atoms with E-state index in [0.29, 0.717) is 6.54 Å². The van der Waals surface area contributed by atoms with Gasteiger partial charge in [-0.25, -0.2) is 4.79 Å². The first-order valence-electron chi connectivity index (χ1n) is 7.04. The molecule has 2 aromatic rings. The number of fused-ring (bicyclic) bond motifs is 1. The second-order valence-corrected chi connectivity index (χ2v) is 6.03. The number of rotatable bonds is 3. The molecule has 4 nitrogen and oxygen atoms in total. The molecule has 0 aliphatic carbocycles. The number of hydrogen-bond acceptors (Lipinski definition) is 2. The molecular formula is C17H22N2O2. The lowest BCUT2D eigenvalue weighted by molar-refractivity contribution is 0.0534. The summed E-state index contributed by atoms with van der Waals surface area (Å²) in [6.45, 7) is 5.98. The summed E-state index contributed by atoms with van der Waals surface area (Å²) in [5.74, 6) is 0. The van der Waals surface area contributed by atoms with Gasteiger partial charge in [-0.2, -0.15) is 0 Å². The highest BCUT2D eigenvalue weighted by Crippen LogP contribution is 2.17. The van der Waals surface area contributed by atoms with Crippen molar-refractivity contribution in [3.8, 4) is 0 Å². The molecule has 1 amide bonds. The van der Waals surface area contributed by atoms with Gasteiger partial charge >= 0.3 is 6.09 Å². The highest BCUT2D eigenvalue weighted by atomic mass is 16.6. The molecule has 112 valence electrons. The van der Waals surface area contributed by atoms with Gasteiger partial charge in [-0.3, -0.25) is 0 Å². The number of carbonyl (C=O) groups is 1. The number of aryl methyl sites for hydroxylation is 1. The number of nitrogens with one attached hydrogen (secondary N) is 1. The Morgan fingerprint density at radius 2 is 2.10 bits per heavy atom. The molecule has 1 aromatic heterocycles. The fourth-order valence-electron chi connectivity index (χ4n) is 2.06. The smallest absolute Gasteiger partial charge is 0.407 e. The first kappa shape index (κ1) is 15.2. The van der Waals surface area contributed by atoms with Gasteiger partial charge in [-0.05, 0) is 44.5 Å². The van der Waals surface area contributed by atoms with Crippen LogP contribution in [0.1, 0.15) is 26.3 Å². The summed E-state index contributed by atoms with van der Waals surface area (Å²) in [5, 5.41) is 3.91. The van der Waals surface area contributed by atoms with Crippen molar-refractivity contribution >= 4 is 23.1 Å². The molecule has 1 aromatic carbocycles. The van der Waals surface area contributed by atoms with E-state index in [9.17, 15) is 4.79 Å². The van der Waals surface area contributed by atoms with E-state index in [0.717, 1.165) is 5.56 Å². The van der Waals surface area contributed by atoms with Crippen molar-refractivity contribution in [3.05, 3.63) is 42.1 Å². The summed E-state index contributed by atoms with van der Waals surface area (Å²) < 4.78 is 7.25. The van der Waals surface area contributed by atoms with Crippen LogP contribution in [0.4, 0.5) is 4.79 Å². The van der Waals surface area contributed by atoms with Gasteiger partial charge in [0.2, 0.25) is 0 Å². The molecule has 1 heterocycles. The zero-order chi connectivity index (χ0) is 15.5. The van der Waals surface area contributed by atoms with Crippen molar-refractivity contribution in [1.82, 2.24) is 9.88 Å². The first-order chi connectivity index (χ1) is 9.85. The van der Waals surface area contributed by atoms with Crippen LogP contribution in [0, 0.1) is 0 Å². The Morgan fingerprint density at radius 1 is 1.33 bits per heavy atom. The normalized spacial score (nSPS) is 12.0. The Labute approximate surface area is 125 Å². The fourth-order valence-corrected chi connectivity index (χ4v) is 2.06. The number of carbonyl (C=O) groups excluding carboxylic acids is 1. The molecule has 1 N–H and O–H groups in total. The molecule has 0 bridgehead atoms. The van der Waals surface area contributed by atoms with Gasteiger partial charge in [0, 0.05) is 30.7 Å². The van der Waals surface area contributed by atoms with Crippen LogP contribution in [0.25, 0.3) is 17.0 Å². The van der Waals surface area contributed by atoms with Crippen LogP contribution in [0.5, 0.6) is 0 Å². The molecule has 0 unspecified atom stereocenters. The van der Waals surface area contributed by atoms with E-state index in [-0.39, 0.29) is 0 Å². The molecule has 0 spiro atoms. The number of aromatic nitrogens is 1. The first-order valence-corrected chi connectivity index (χ1v) is 7.04. The lowest BCUT2D eigenvalue weighted by atomic mass is 10.1. The van der Waals surface area contributed by atoms with Crippen LogP contribution in [-0.4, -0.2) is 22.8 Å². The minimum atomic E-state index is -0.466. The van der Waals surface area contributed by atoms with Crippen LogP contribution in [0.3, 0.4) is 0 Å². The molecule has 4 heteroatoms. The van der Waals surface area contributed by atoms with Crippen molar-refractivity contribution < 1.29 is 9.53 Å². The summed E-state index contributed by atoms with van der Waals surface area (Å²) >= 11 is 0. The third-order valence-corrected chi connectivity index (χ3v) is 2.98. The number of ether oxygens (including phenoxy) is 1. The second-order valence-electron chi connectivity index (χ2n) is 6.03. The summed E-state index contributed by atoms with van der Waals surface area (Å²) in [6, 6.07) is 8.37. The fraction of sp³-hybridized carbons (Fsp3) is 0.353. The van der Waals surface area contributed by atoms with Crippen molar-refractivity contribution in [2.45, 2.75) is 26.4 Å². The molecule has 2 rings (SSSR count). The topological polar surface area (TPSA) is 43.3 Å². The second kappa shape index (κ2) is 6.04. The number of hydrogen-bond donors (Lipinski definition) is 1. The molecule has 0 saturated carbocycles. The number of alkyl carbamates (subject to hydrolysis) is 1. The predicted octanol–water partition coefficient (Wildman–Crippen LogP) is 3.72. The van der Waals surface area contributed by atoms with Crippen LogP contribution in [0.2, 0.25) is 0 Å². The lowest BCUT2D eigenvalue weighted by Crippen LogP contribution is -2.32. The summed E-state index contributed by atoms with van der Waals surface area (Å²) in [5.41, 5.74) is 1.85. The molecule has 21 heavy (non-hydrogen) atoms. The van der Waals surface area contributed by atoms with Gasteiger partial charge < -0.3 is 14.6 Å². The van der Waals surface area contributed by atoms with Gasteiger partial charge in [-0.1, -0.05) is 18.2 Å².